The molecule has 0 amide bonds. The molecule has 0 aromatic heterocycles. The number of ether oxygens (including phenoxy) is 1. The van der Waals surface area contributed by atoms with Crippen LogP contribution in [0.1, 0.15) is 21.5 Å². The molecule has 0 aliphatic heterocycles. The first-order valence-corrected chi connectivity index (χ1v) is 6.26. The highest BCUT2D eigenvalue weighted by Crippen LogP contribution is 2.34. The van der Waals surface area contributed by atoms with E-state index < -0.39 is 0 Å². The molecule has 94 valence electrons. The second-order valence-electron chi connectivity index (χ2n) is 4.58. The van der Waals surface area contributed by atoms with E-state index in [1.54, 1.807) is 7.11 Å². The third-order valence-corrected chi connectivity index (χ3v) is 3.37. The molecule has 0 N–H and O–H groups in total. The van der Waals surface area contributed by atoms with Crippen molar-refractivity contribution in [2.75, 3.05) is 7.11 Å². The maximum atomic E-state index is 12.4. The Bertz CT molecular complexity index is 654. The van der Waals surface area contributed by atoms with Gasteiger partial charge in [-0.05, 0) is 23.3 Å². The van der Waals surface area contributed by atoms with E-state index in [-0.39, 0.29) is 5.78 Å². The summed E-state index contributed by atoms with van der Waals surface area (Å²) in [6.45, 7) is 0. The quantitative estimate of drug-likeness (QED) is 0.762. The van der Waals surface area contributed by atoms with Crippen molar-refractivity contribution in [2.24, 2.45) is 0 Å². The Morgan fingerprint density at radius 2 is 1.84 bits per heavy atom. The van der Waals surface area contributed by atoms with Crippen molar-refractivity contribution in [3.8, 4) is 5.75 Å². The molecule has 19 heavy (non-hydrogen) atoms. The minimum absolute atomic E-state index is 0.0799. The van der Waals surface area contributed by atoms with Crippen molar-refractivity contribution in [2.45, 2.75) is 6.42 Å². The van der Waals surface area contributed by atoms with Gasteiger partial charge < -0.3 is 4.74 Å². The normalized spacial score (nSPS) is 15.6. The van der Waals surface area contributed by atoms with Gasteiger partial charge in [0, 0.05) is 12.0 Å². The van der Waals surface area contributed by atoms with Crippen molar-refractivity contribution >= 4 is 11.9 Å². The van der Waals surface area contributed by atoms with E-state index in [9.17, 15) is 4.79 Å². The topological polar surface area (TPSA) is 26.3 Å². The molecule has 0 bridgehead atoms. The highest BCUT2D eigenvalue weighted by Gasteiger charge is 2.27. The Hall–Kier alpha value is -2.35. The zero-order valence-corrected chi connectivity index (χ0v) is 10.7. The van der Waals surface area contributed by atoms with E-state index in [0.29, 0.717) is 17.7 Å². The van der Waals surface area contributed by atoms with Crippen LogP contribution in [0.15, 0.2) is 54.1 Å². The molecular weight excluding hydrogens is 236 g/mol. The van der Waals surface area contributed by atoms with Crippen LogP contribution in [0.3, 0.4) is 0 Å². The molecule has 0 unspecified atom stereocenters. The average molecular weight is 250 g/mol. The van der Waals surface area contributed by atoms with E-state index in [1.807, 2.05) is 54.6 Å². The van der Waals surface area contributed by atoms with Gasteiger partial charge in [-0.25, -0.2) is 0 Å². The van der Waals surface area contributed by atoms with Gasteiger partial charge in [0.15, 0.2) is 5.78 Å². The van der Waals surface area contributed by atoms with Crippen LogP contribution in [0, 0.1) is 0 Å². The van der Waals surface area contributed by atoms with E-state index in [4.69, 9.17) is 4.74 Å². The number of methoxy groups -OCH3 is 1. The molecule has 1 aliphatic carbocycles. The minimum atomic E-state index is 0.0799. The van der Waals surface area contributed by atoms with Gasteiger partial charge in [-0.2, -0.15) is 0 Å². The molecule has 0 saturated heterocycles. The standard InChI is InChI=1S/C17H14O2/c1-19-15-9-5-8-13-11-14(17(18)16(13)15)10-12-6-3-2-4-7-12/h2-10H,11H2,1H3. The summed E-state index contributed by atoms with van der Waals surface area (Å²) in [5, 5.41) is 0. The van der Waals surface area contributed by atoms with E-state index in [1.165, 1.54) is 0 Å². The summed E-state index contributed by atoms with van der Waals surface area (Å²) in [5.74, 6) is 0.746. The summed E-state index contributed by atoms with van der Waals surface area (Å²) in [6, 6.07) is 15.7. The summed E-state index contributed by atoms with van der Waals surface area (Å²) in [7, 11) is 1.60. The SMILES string of the molecule is COc1cccc2c1C(=O)C(=Cc1ccccc1)C2. The summed E-state index contributed by atoms with van der Waals surface area (Å²) < 4.78 is 5.28. The minimum Gasteiger partial charge on any atom is -0.496 e. The van der Waals surface area contributed by atoms with Crippen LogP contribution in [0.2, 0.25) is 0 Å². The van der Waals surface area contributed by atoms with Crippen LogP contribution in [0.4, 0.5) is 0 Å². The lowest BCUT2D eigenvalue weighted by Gasteiger charge is -2.04. The molecule has 2 heteroatoms. The van der Waals surface area contributed by atoms with E-state index in [2.05, 4.69) is 0 Å². The molecule has 0 spiro atoms. The predicted octanol–water partition coefficient (Wildman–Crippen LogP) is 3.52. The van der Waals surface area contributed by atoms with E-state index >= 15 is 0 Å². The number of rotatable bonds is 2. The Kier molecular flexibility index (Phi) is 2.92. The van der Waals surface area contributed by atoms with Crippen LogP contribution < -0.4 is 4.74 Å². The lowest BCUT2D eigenvalue weighted by Crippen LogP contribution is -1.98. The number of Topliss-reactive ketones (excluding diaryl/α,β-unsaturated/α-hetero) is 1. The molecule has 0 fully saturated rings. The smallest absolute Gasteiger partial charge is 0.193 e. The van der Waals surface area contributed by atoms with Crippen molar-refractivity contribution in [3.63, 3.8) is 0 Å². The average Bonchev–Trinajstić information content (AvgIpc) is 2.77. The fourth-order valence-corrected chi connectivity index (χ4v) is 2.46. The molecule has 2 aromatic carbocycles. The third kappa shape index (κ3) is 2.06. The summed E-state index contributed by atoms with van der Waals surface area (Å²) >= 11 is 0. The zero-order valence-electron chi connectivity index (χ0n) is 10.7. The van der Waals surface area contributed by atoms with Gasteiger partial charge in [-0.1, -0.05) is 42.5 Å². The van der Waals surface area contributed by atoms with Crippen LogP contribution >= 0.6 is 0 Å². The maximum absolute atomic E-state index is 12.4. The van der Waals surface area contributed by atoms with Gasteiger partial charge in [0.05, 0.1) is 12.7 Å². The second kappa shape index (κ2) is 4.73. The fourth-order valence-electron chi connectivity index (χ4n) is 2.46. The number of hydrogen-bond donors (Lipinski definition) is 0. The molecule has 0 radical (unpaired) electrons. The molecule has 2 nitrogen and oxygen atoms in total. The largest absolute Gasteiger partial charge is 0.496 e. The van der Waals surface area contributed by atoms with Gasteiger partial charge in [0.25, 0.3) is 0 Å². The maximum Gasteiger partial charge on any atom is 0.193 e. The van der Waals surface area contributed by atoms with Crippen LogP contribution in [0.25, 0.3) is 6.08 Å². The van der Waals surface area contributed by atoms with Gasteiger partial charge >= 0.3 is 0 Å². The molecule has 0 saturated carbocycles. The number of benzene rings is 2. The highest BCUT2D eigenvalue weighted by atomic mass is 16.5. The lowest BCUT2D eigenvalue weighted by molar-refractivity contribution is 0.103. The number of allylic oxidation sites excluding steroid dienone is 1. The van der Waals surface area contributed by atoms with Gasteiger partial charge in [-0.3, -0.25) is 4.79 Å². The second-order valence-corrected chi connectivity index (χ2v) is 4.58. The molecule has 0 heterocycles. The van der Waals surface area contributed by atoms with Gasteiger partial charge in [-0.15, -0.1) is 0 Å². The number of ketones is 1. The van der Waals surface area contributed by atoms with Gasteiger partial charge in [0.1, 0.15) is 5.75 Å². The predicted molar refractivity (Wildman–Crippen MR) is 75.4 cm³/mol. The van der Waals surface area contributed by atoms with Crippen molar-refractivity contribution < 1.29 is 9.53 Å². The Morgan fingerprint density at radius 3 is 2.58 bits per heavy atom. The van der Waals surface area contributed by atoms with Crippen molar-refractivity contribution in [3.05, 3.63) is 70.8 Å². The first-order valence-electron chi connectivity index (χ1n) is 6.26. The van der Waals surface area contributed by atoms with E-state index in [0.717, 1.165) is 16.7 Å². The number of carbonyl (C=O) groups is 1. The monoisotopic (exact) mass is 250 g/mol. The zero-order chi connectivity index (χ0) is 13.2. The lowest BCUT2D eigenvalue weighted by atomic mass is 10.1. The van der Waals surface area contributed by atoms with Gasteiger partial charge in [0.2, 0.25) is 0 Å². The first kappa shape index (κ1) is 11.7. The number of carbonyl (C=O) groups excluding carboxylic acids is 1. The summed E-state index contributed by atoms with van der Waals surface area (Å²) in [4.78, 5) is 12.4. The van der Waals surface area contributed by atoms with Crippen LogP contribution in [-0.4, -0.2) is 12.9 Å². The van der Waals surface area contributed by atoms with Crippen molar-refractivity contribution in [1.29, 1.82) is 0 Å². The Balaban J connectivity index is 2.02. The highest BCUT2D eigenvalue weighted by molar-refractivity contribution is 6.17. The Labute approximate surface area is 112 Å². The number of hydrogen-bond acceptors (Lipinski definition) is 2. The molecule has 2 aromatic rings. The molecule has 1 aliphatic rings. The summed E-state index contributed by atoms with van der Waals surface area (Å²) in [5.41, 5.74) is 3.64. The molecular formula is C17H14O2. The summed E-state index contributed by atoms with van der Waals surface area (Å²) in [6.07, 6.45) is 2.64. The third-order valence-electron chi connectivity index (χ3n) is 3.37. The Morgan fingerprint density at radius 1 is 1.05 bits per heavy atom. The molecule has 3 rings (SSSR count). The van der Waals surface area contributed by atoms with Crippen LogP contribution in [-0.2, 0) is 6.42 Å². The van der Waals surface area contributed by atoms with Crippen molar-refractivity contribution in [1.82, 2.24) is 0 Å². The first-order chi connectivity index (χ1) is 9.29. The fraction of sp³-hybridized carbons (Fsp3) is 0.118. The molecule has 0 atom stereocenters. The number of fused-ring (bicyclic) bond motifs is 1. The van der Waals surface area contributed by atoms with Crippen LogP contribution in [0.5, 0.6) is 5.75 Å².